The van der Waals surface area contributed by atoms with Gasteiger partial charge in [0, 0.05) is 44.2 Å². The smallest absolute Gasteiger partial charge is 0.419 e. The summed E-state index contributed by atoms with van der Waals surface area (Å²) in [7, 11) is 0. The van der Waals surface area contributed by atoms with Crippen LogP contribution in [0.5, 0.6) is 5.75 Å². The number of piperazine rings is 1. The molecule has 2 aliphatic rings. The summed E-state index contributed by atoms with van der Waals surface area (Å²) >= 11 is 0. The zero-order valence-electron chi connectivity index (χ0n) is 15.8. The van der Waals surface area contributed by atoms with Crippen molar-refractivity contribution in [3.63, 3.8) is 0 Å². The van der Waals surface area contributed by atoms with Gasteiger partial charge in [-0.05, 0) is 26.8 Å². The molecule has 1 unspecified atom stereocenters. The van der Waals surface area contributed by atoms with Crippen molar-refractivity contribution in [1.82, 2.24) is 9.80 Å². The maximum Gasteiger partial charge on any atom is 0.419 e. The summed E-state index contributed by atoms with van der Waals surface area (Å²) < 4.78 is 50.6. The first-order valence-electron chi connectivity index (χ1n) is 9.11. The standard InChI is InChI=1S/C19H25F3N2O3/c1-18(2,3)27-17(25)24-10-8-23(9-11-24)15-7-12-26-16-13(15)5-4-6-14(16)19(20,21)22/h4-6,15H,7-12H2,1-3H3. The van der Waals surface area contributed by atoms with Gasteiger partial charge in [-0.1, -0.05) is 12.1 Å². The van der Waals surface area contributed by atoms with E-state index < -0.39 is 17.3 Å². The fourth-order valence-electron chi connectivity index (χ4n) is 3.55. The minimum atomic E-state index is -4.44. The van der Waals surface area contributed by atoms with Crippen LogP contribution in [0, 0.1) is 0 Å². The number of alkyl halides is 3. The van der Waals surface area contributed by atoms with E-state index in [1.165, 1.54) is 6.07 Å². The first-order chi connectivity index (χ1) is 12.6. The molecule has 1 aromatic rings. The number of ether oxygens (including phenoxy) is 2. The fraction of sp³-hybridized carbons (Fsp3) is 0.632. The average molecular weight is 386 g/mol. The quantitative estimate of drug-likeness (QED) is 0.729. The van der Waals surface area contributed by atoms with E-state index in [4.69, 9.17) is 9.47 Å². The molecule has 1 aromatic carbocycles. The molecule has 0 spiro atoms. The Bertz CT molecular complexity index is 692. The van der Waals surface area contributed by atoms with Crippen molar-refractivity contribution in [2.24, 2.45) is 0 Å². The van der Waals surface area contributed by atoms with Crippen LogP contribution >= 0.6 is 0 Å². The molecule has 1 saturated heterocycles. The summed E-state index contributed by atoms with van der Waals surface area (Å²) in [5, 5.41) is 0. The number of hydrogen-bond donors (Lipinski definition) is 0. The second-order valence-corrected chi connectivity index (χ2v) is 7.88. The van der Waals surface area contributed by atoms with E-state index >= 15 is 0 Å². The monoisotopic (exact) mass is 386 g/mol. The normalized spacial score (nSPS) is 21.4. The van der Waals surface area contributed by atoms with E-state index in [1.807, 2.05) is 20.8 Å². The lowest BCUT2D eigenvalue weighted by molar-refractivity contribution is -0.139. The van der Waals surface area contributed by atoms with E-state index in [0.29, 0.717) is 38.2 Å². The molecule has 3 rings (SSSR count). The van der Waals surface area contributed by atoms with Crippen LogP contribution in [0.15, 0.2) is 18.2 Å². The number of nitrogens with zero attached hydrogens (tertiary/aromatic N) is 2. The second kappa shape index (κ2) is 7.22. The van der Waals surface area contributed by atoms with Crippen molar-refractivity contribution < 1.29 is 27.4 Å². The van der Waals surface area contributed by atoms with E-state index in [0.717, 1.165) is 6.07 Å². The van der Waals surface area contributed by atoms with Crippen LogP contribution in [0.4, 0.5) is 18.0 Å². The predicted octanol–water partition coefficient (Wildman–Crippen LogP) is 4.08. The number of amides is 1. The summed E-state index contributed by atoms with van der Waals surface area (Å²) in [5.74, 6) is -0.0594. The number of fused-ring (bicyclic) bond motifs is 1. The Morgan fingerprint density at radius 1 is 1.15 bits per heavy atom. The third kappa shape index (κ3) is 4.48. The molecular weight excluding hydrogens is 361 g/mol. The Kier molecular flexibility index (Phi) is 5.29. The number of rotatable bonds is 1. The highest BCUT2D eigenvalue weighted by atomic mass is 19.4. The fourth-order valence-corrected chi connectivity index (χ4v) is 3.55. The first-order valence-corrected chi connectivity index (χ1v) is 9.11. The number of halogens is 3. The molecule has 0 aromatic heterocycles. The van der Waals surface area contributed by atoms with Crippen molar-refractivity contribution in [2.75, 3.05) is 32.8 Å². The first kappa shape index (κ1) is 19.8. The largest absolute Gasteiger partial charge is 0.493 e. The van der Waals surface area contributed by atoms with Crippen molar-refractivity contribution in [1.29, 1.82) is 0 Å². The third-order valence-electron chi connectivity index (χ3n) is 4.75. The molecule has 0 saturated carbocycles. The van der Waals surface area contributed by atoms with Gasteiger partial charge in [-0.15, -0.1) is 0 Å². The number of carbonyl (C=O) groups excluding carboxylic acids is 1. The van der Waals surface area contributed by atoms with Gasteiger partial charge in [-0.3, -0.25) is 4.90 Å². The molecule has 8 heteroatoms. The second-order valence-electron chi connectivity index (χ2n) is 7.88. The molecule has 0 bridgehead atoms. The molecule has 2 aliphatic heterocycles. The molecular formula is C19H25F3N2O3. The lowest BCUT2D eigenvalue weighted by Crippen LogP contribution is -2.51. The van der Waals surface area contributed by atoms with Gasteiger partial charge in [0.1, 0.15) is 11.4 Å². The summed E-state index contributed by atoms with van der Waals surface area (Å²) in [6.07, 6.45) is -4.17. The van der Waals surface area contributed by atoms with E-state index in [-0.39, 0.29) is 24.5 Å². The molecule has 0 N–H and O–H groups in total. The summed E-state index contributed by atoms with van der Waals surface area (Å²) in [4.78, 5) is 16.0. The Hall–Kier alpha value is -1.96. The summed E-state index contributed by atoms with van der Waals surface area (Å²) in [6, 6.07) is 4.05. The maximum absolute atomic E-state index is 13.3. The maximum atomic E-state index is 13.3. The van der Waals surface area contributed by atoms with E-state index in [9.17, 15) is 18.0 Å². The van der Waals surface area contributed by atoms with Crippen molar-refractivity contribution in [3.05, 3.63) is 29.3 Å². The van der Waals surface area contributed by atoms with Gasteiger partial charge in [-0.25, -0.2) is 4.79 Å². The summed E-state index contributed by atoms with van der Waals surface area (Å²) in [5.41, 5.74) is -0.708. The predicted molar refractivity (Wildman–Crippen MR) is 93.7 cm³/mol. The van der Waals surface area contributed by atoms with Gasteiger partial charge in [0.2, 0.25) is 0 Å². The molecule has 0 radical (unpaired) electrons. The Morgan fingerprint density at radius 3 is 2.41 bits per heavy atom. The van der Waals surface area contributed by atoms with Crippen LogP contribution < -0.4 is 4.74 Å². The lowest BCUT2D eigenvalue weighted by Gasteiger charge is -2.41. The molecule has 0 aliphatic carbocycles. The minimum absolute atomic E-state index is 0.0594. The Morgan fingerprint density at radius 2 is 1.81 bits per heavy atom. The number of para-hydroxylation sites is 1. The van der Waals surface area contributed by atoms with Gasteiger partial charge < -0.3 is 14.4 Å². The molecule has 2 heterocycles. The Balaban J connectivity index is 1.71. The van der Waals surface area contributed by atoms with E-state index in [1.54, 1.807) is 11.0 Å². The van der Waals surface area contributed by atoms with Crippen LogP contribution in [-0.4, -0.2) is 54.3 Å². The van der Waals surface area contributed by atoms with Crippen molar-refractivity contribution in [2.45, 2.75) is 45.0 Å². The van der Waals surface area contributed by atoms with Gasteiger partial charge in [0.25, 0.3) is 0 Å². The molecule has 150 valence electrons. The highest BCUT2D eigenvalue weighted by molar-refractivity contribution is 5.68. The number of carbonyl (C=O) groups is 1. The van der Waals surface area contributed by atoms with Crippen LogP contribution in [0.2, 0.25) is 0 Å². The molecule has 27 heavy (non-hydrogen) atoms. The highest BCUT2D eigenvalue weighted by Gasteiger charge is 2.39. The molecule has 1 atom stereocenters. The topological polar surface area (TPSA) is 42.0 Å². The SMILES string of the molecule is CC(C)(C)OC(=O)N1CCN(C2CCOc3c2cccc3C(F)(F)F)CC1. The van der Waals surface area contributed by atoms with Gasteiger partial charge in [0.15, 0.2) is 0 Å². The van der Waals surface area contributed by atoms with Crippen molar-refractivity contribution in [3.8, 4) is 5.75 Å². The number of benzene rings is 1. The van der Waals surface area contributed by atoms with Crippen LogP contribution in [0.25, 0.3) is 0 Å². The zero-order chi connectivity index (χ0) is 19.8. The highest BCUT2D eigenvalue weighted by Crippen LogP contribution is 2.44. The van der Waals surface area contributed by atoms with Gasteiger partial charge in [-0.2, -0.15) is 13.2 Å². The summed E-state index contributed by atoms with van der Waals surface area (Å²) in [6.45, 7) is 7.84. The van der Waals surface area contributed by atoms with Gasteiger partial charge in [0.05, 0.1) is 12.2 Å². The van der Waals surface area contributed by atoms with Crippen molar-refractivity contribution >= 4 is 6.09 Å². The lowest BCUT2D eigenvalue weighted by atomic mass is 9.95. The van der Waals surface area contributed by atoms with Crippen LogP contribution in [-0.2, 0) is 10.9 Å². The average Bonchev–Trinajstić information content (AvgIpc) is 2.58. The van der Waals surface area contributed by atoms with E-state index in [2.05, 4.69) is 4.90 Å². The van der Waals surface area contributed by atoms with Gasteiger partial charge >= 0.3 is 12.3 Å². The Labute approximate surface area is 157 Å². The molecule has 1 amide bonds. The molecule has 1 fully saturated rings. The minimum Gasteiger partial charge on any atom is -0.493 e. The third-order valence-corrected chi connectivity index (χ3v) is 4.75. The number of hydrogen-bond acceptors (Lipinski definition) is 4. The zero-order valence-corrected chi connectivity index (χ0v) is 15.8. The molecule has 5 nitrogen and oxygen atoms in total. The van der Waals surface area contributed by atoms with Crippen LogP contribution in [0.1, 0.15) is 44.4 Å². The van der Waals surface area contributed by atoms with Crippen LogP contribution in [0.3, 0.4) is 0 Å².